The summed E-state index contributed by atoms with van der Waals surface area (Å²) in [7, 11) is 0. The SMILES string of the molecule is CCC1CC(CC)C(N)C(C)(N)C1. The van der Waals surface area contributed by atoms with Crippen LogP contribution in [0.1, 0.15) is 46.5 Å². The predicted molar refractivity (Wildman–Crippen MR) is 57.4 cm³/mol. The van der Waals surface area contributed by atoms with E-state index in [4.69, 9.17) is 11.5 Å². The zero-order valence-corrected chi connectivity index (χ0v) is 9.22. The highest BCUT2D eigenvalue weighted by Gasteiger charge is 2.39. The second-order valence-corrected chi connectivity index (χ2v) is 4.91. The van der Waals surface area contributed by atoms with Crippen molar-refractivity contribution in [1.82, 2.24) is 0 Å². The predicted octanol–water partition coefficient (Wildman–Crippen LogP) is 1.88. The first-order valence-electron chi connectivity index (χ1n) is 5.55. The Labute approximate surface area is 82.1 Å². The fourth-order valence-corrected chi connectivity index (χ4v) is 2.69. The van der Waals surface area contributed by atoms with Crippen LogP contribution in [0.15, 0.2) is 0 Å². The van der Waals surface area contributed by atoms with Gasteiger partial charge in [-0.3, -0.25) is 0 Å². The molecule has 1 saturated carbocycles. The first kappa shape index (κ1) is 11.0. The fraction of sp³-hybridized carbons (Fsp3) is 1.00. The van der Waals surface area contributed by atoms with E-state index in [1.165, 1.54) is 19.3 Å². The van der Waals surface area contributed by atoms with Crippen molar-refractivity contribution >= 4 is 0 Å². The summed E-state index contributed by atoms with van der Waals surface area (Å²) >= 11 is 0. The Kier molecular flexibility index (Phi) is 3.36. The molecule has 0 saturated heterocycles. The number of nitrogens with two attached hydrogens (primary N) is 2. The second kappa shape index (κ2) is 3.97. The molecule has 4 N–H and O–H groups in total. The summed E-state index contributed by atoms with van der Waals surface area (Å²) in [4.78, 5) is 0. The molecule has 0 aromatic heterocycles. The highest BCUT2D eigenvalue weighted by molar-refractivity contribution is 4.99. The van der Waals surface area contributed by atoms with Gasteiger partial charge >= 0.3 is 0 Å². The normalized spacial score (nSPS) is 46.4. The largest absolute Gasteiger partial charge is 0.326 e. The molecule has 1 rings (SSSR count). The summed E-state index contributed by atoms with van der Waals surface area (Å²) < 4.78 is 0. The molecule has 0 aliphatic heterocycles. The summed E-state index contributed by atoms with van der Waals surface area (Å²) in [6.07, 6.45) is 4.79. The summed E-state index contributed by atoms with van der Waals surface area (Å²) in [6, 6.07) is 0.195. The molecule has 4 unspecified atom stereocenters. The van der Waals surface area contributed by atoms with Gasteiger partial charge in [0.1, 0.15) is 0 Å². The van der Waals surface area contributed by atoms with Crippen molar-refractivity contribution in [2.45, 2.75) is 58.0 Å². The van der Waals surface area contributed by atoms with Gasteiger partial charge in [-0.25, -0.2) is 0 Å². The van der Waals surface area contributed by atoms with Crippen molar-refractivity contribution in [1.29, 1.82) is 0 Å². The van der Waals surface area contributed by atoms with E-state index in [2.05, 4.69) is 20.8 Å². The third-order valence-corrected chi connectivity index (χ3v) is 3.74. The van der Waals surface area contributed by atoms with Gasteiger partial charge in [0.2, 0.25) is 0 Å². The van der Waals surface area contributed by atoms with Crippen molar-refractivity contribution in [3.8, 4) is 0 Å². The Morgan fingerprint density at radius 2 is 1.92 bits per heavy atom. The molecule has 0 bridgehead atoms. The molecule has 0 aromatic rings. The average Bonchev–Trinajstić information content (AvgIpc) is 2.09. The molecule has 0 heterocycles. The number of hydrogen-bond donors (Lipinski definition) is 2. The summed E-state index contributed by atoms with van der Waals surface area (Å²) in [5.41, 5.74) is 12.2. The van der Waals surface area contributed by atoms with Gasteiger partial charge in [0, 0.05) is 11.6 Å². The smallest absolute Gasteiger partial charge is 0.0284 e. The van der Waals surface area contributed by atoms with E-state index >= 15 is 0 Å². The summed E-state index contributed by atoms with van der Waals surface area (Å²) in [5.74, 6) is 1.42. The van der Waals surface area contributed by atoms with Gasteiger partial charge in [0.15, 0.2) is 0 Å². The highest BCUT2D eigenvalue weighted by Crippen LogP contribution is 2.36. The van der Waals surface area contributed by atoms with E-state index in [1.807, 2.05) is 0 Å². The Morgan fingerprint density at radius 1 is 1.31 bits per heavy atom. The lowest BCUT2D eigenvalue weighted by Gasteiger charge is -2.45. The monoisotopic (exact) mass is 184 g/mol. The van der Waals surface area contributed by atoms with Gasteiger partial charge in [0.25, 0.3) is 0 Å². The molecule has 78 valence electrons. The minimum absolute atomic E-state index is 0.139. The van der Waals surface area contributed by atoms with Gasteiger partial charge in [-0.05, 0) is 31.6 Å². The number of rotatable bonds is 2. The minimum Gasteiger partial charge on any atom is -0.326 e. The van der Waals surface area contributed by atoms with Gasteiger partial charge in [0.05, 0.1) is 0 Å². The van der Waals surface area contributed by atoms with Gasteiger partial charge in [-0.1, -0.05) is 26.7 Å². The van der Waals surface area contributed by atoms with Gasteiger partial charge < -0.3 is 11.5 Å². The van der Waals surface area contributed by atoms with E-state index < -0.39 is 0 Å². The maximum Gasteiger partial charge on any atom is 0.0284 e. The van der Waals surface area contributed by atoms with Crippen molar-refractivity contribution < 1.29 is 0 Å². The molecule has 13 heavy (non-hydrogen) atoms. The van der Waals surface area contributed by atoms with Crippen LogP contribution >= 0.6 is 0 Å². The lowest BCUT2D eigenvalue weighted by molar-refractivity contribution is 0.136. The first-order chi connectivity index (χ1) is 6.01. The van der Waals surface area contributed by atoms with Crippen LogP contribution in [0.5, 0.6) is 0 Å². The second-order valence-electron chi connectivity index (χ2n) is 4.91. The van der Waals surface area contributed by atoms with Crippen LogP contribution in [-0.2, 0) is 0 Å². The Bertz CT molecular complexity index is 165. The van der Waals surface area contributed by atoms with Gasteiger partial charge in [-0.2, -0.15) is 0 Å². The molecule has 0 aromatic carbocycles. The molecule has 4 atom stereocenters. The standard InChI is InChI=1S/C11H24N2/c1-4-8-6-9(5-2)10(12)11(3,13)7-8/h8-10H,4-7,12-13H2,1-3H3. The Balaban J connectivity index is 2.69. The van der Waals surface area contributed by atoms with Crippen LogP contribution in [0.25, 0.3) is 0 Å². The zero-order chi connectivity index (χ0) is 10.1. The van der Waals surface area contributed by atoms with Crippen molar-refractivity contribution in [2.75, 3.05) is 0 Å². The molecule has 1 fully saturated rings. The maximum absolute atomic E-state index is 6.23. The molecule has 0 spiro atoms. The molecular formula is C11H24N2. The molecule has 0 amide bonds. The van der Waals surface area contributed by atoms with Gasteiger partial charge in [-0.15, -0.1) is 0 Å². The van der Waals surface area contributed by atoms with Crippen molar-refractivity contribution in [3.05, 3.63) is 0 Å². The van der Waals surface area contributed by atoms with E-state index in [0.717, 1.165) is 12.3 Å². The van der Waals surface area contributed by atoms with Crippen LogP contribution in [0.3, 0.4) is 0 Å². The molecule has 1 aliphatic rings. The van der Waals surface area contributed by atoms with Crippen LogP contribution in [0.4, 0.5) is 0 Å². The van der Waals surface area contributed by atoms with Crippen LogP contribution in [0.2, 0.25) is 0 Å². The Morgan fingerprint density at radius 3 is 2.38 bits per heavy atom. The van der Waals surface area contributed by atoms with E-state index in [9.17, 15) is 0 Å². The quantitative estimate of drug-likeness (QED) is 0.688. The van der Waals surface area contributed by atoms with Crippen LogP contribution in [-0.4, -0.2) is 11.6 Å². The maximum atomic E-state index is 6.23. The summed E-state index contributed by atoms with van der Waals surface area (Å²) in [6.45, 7) is 6.59. The minimum atomic E-state index is -0.139. The molecule has 0 radical (unpaired) electrons. The number of hydrogen-bond acceptors (Lipinski definition) is 2. The van der Waals surface area contributed by atoms with E-state index in [-0.39, 0.29) is 11.6 Å². The third kappa shape index (κ3) is 2.23. The lowest BCUT2D eigenvalue weighted by Crippen LogP contribution is -2.60. The average molecular weight is 184 g/mol. The topological polar surface area (TPSA) is 52.0 Å². The van der Waals surface area contributed by atoms with Crippen LogP contribution in [0, 0.1) is 11.8 Å². The van der Waals surface area contributed by atoms with Crippen molar-refractivity contribution in [2.24, 2.45) is 23.3 Å². The van der Waals surface area contributed by atoms with E-state index in [0.29, 0.717) is 5.92 Å². The fourth-order valence-electron chi connectivity index (χ4n) is 2.69. The Hall–Kier alpha value is -0.0800. The zero-order valence-electron chi connectivity index (χ0n) is 9.22. The molecule has 1 aliphatic carbocycles. The molecular weight excluding hydrogens is 160 g/mol. The lowest BCUT2D eigenvalue weighted by atomic mass is 9.67. The van der Waals surface area contributed by atoms with Crippen molar-refractivity contribution in [3.63, 3.8) is 0 Å². The third-order valence-electron chi connectivity index (χ3n) is 3.74. The van der Waals surface area contributed by atoms with Crippen LogP contribution < -0.4 is 11.5 Å². The molecule has 2 nitrogen and oxygen atoms in total. The highest BCUT2D eigenvalue weighted by atomic mass is 14.9. The van der Waals surface area contributed by atoms with E-state index in [1.54, 1.807) is 0 Å². The molecule has 2 heteroatoms. The first-order valence-corrected chi connectivity index (χ1v) is 5.55. The summed E-state index contributed by atoms with van der Waals surface area (Å²) in [5, 5.41) is 0.